The summed E-state index contributed by atoms with van der Waals surface area (Å²) < 4.78 is 0. The molecule has 7 heteroatoms. The zero-order chi connectivity index (χ0) is 14.3. The van der Waals surface area contributed by atoms with Crippen LogP contribution in [0.5, 0.6) is 0 Å². The van der Waals surface area contributed by atoms with E-state index in [4.69, 9.17) is 54.9 Å². The summed E-state index contributed by atoms with van der Waals surface area (Å²) in [5.74, 6) is 0. The fraction of sp³-hybridized carbons (Fsp3) is 0. The average Bonchev–Trinajstić information content (AvgIpc) is 2.36. The van der Waals surface area contributed by atoms with E-state index in [9.17, 15) is 0 Å². The summed E-state index contributed by atoms with van der Waals surface area (Å²) >= 11 is 0. The van der Waals surface area contributed by atoms with Gasteiger partial charge in [0.2, 0.25) is 0 Å². The Balaban J connectivity index is 2.83. The van der Waals surface area contributed by atoms with Crippen molar-refractivity contribution in [1.29, 1.82) is 0 Å². The van der Waals surface area contributed by atoms with Gasteiger partial charge in [0, 0.05) is 0 Å². The van der Waals surface area contributed by atoms with Crippen molar-refractivity contribution >= 4 is 93.2 Å². The molecule has 2 aromatic rings. The molecule has 2 rings (SSSR count). The van der Waals surface area contributed by atoms with Crippen molar-refractivity contribution in [3.63, 3.8) is 0 Å². The van der Waals surface area contributed by atoms with E-state index < -0.39 is 0 Å². The third-order valence-corrected chi connectivity index (χ3v) is 3.06. The SMILES string of the molecule is [B]c1ccc(-c2c([B])c([B])cc([B])c2[B])c([B])c1[B]. The fourth-order valence-electron chi connectivity index (χ4n) is 1.92. The van der Waals surface area contributed by atoms with Crippen LogP contribution in [0.1, 0.15) is 0 Å². The summed E-state index contributed by atoms with van der Waals surface area (Å²) in [5.41, 5.74) is 3.26. The van der Waals surface area contributed by atoms with E-state index in [1.807, 2.05) is 0 Å². The Morgan fingerprint density at radius 1 is 0.526 bits per heavy atom. The second-order valence-electron chi connectivity index (χ2n) is 4.29. The molecule has 0 spiro atoms. The Hall–Kier alpha value is -1.11. The second kappa shape index (κ2) is 5.11. The van der Waals surface area contributed by atoms with Gasteiger partial charge in [-0.05, 0) is 11.1 Å². The summed E-state index contributed by atoms with van der Waals surface area (Å²) in [7, 11) is 40.9. The largest absolute Gasteiger partial charge is 0.113 e. The Labute approximate surface area is 123 Å². The van der Waals surface area contributed by atoms with E-state index >= 15 is 0 Å². The van der Waals surface area contributed by atoms with Gasteiger partial charge in [-0.15, -0.1) is 21.9 Å². The van der Waals surface area contributed by atoms with Crippen molar-refractivity contribution in [1.82, 2.24) is 0 Å². The number of hydrogen-bond donors (Lipinski definition) is 0. The van der Waals surface area contributed by atoms with Gasteiger partial charge < -0.3 is 0 Å². The van der Waals surface area contributed by atoms with Gasteiger partial charge in [-0.1, -0.05) is 34.6 Å². The Bertz CT molecular complexity index is 638. The molecule has 0 amide bonds. The van der Waals surface area contributed by atoms with Gasteiger partial charge in [-0.2, -0.15) is 0 Å². The van der Waals surface area contributed by atoms with Crippen molar-refractivity contribution < 1.29 is 0 Å². The van der Waals surface area contributed by atoms with Gasteiger partial charge in [0.25, 0.3) is 0 Å². The van der Waals surface area contributed by atoms with Crippen molar-refractivity contribution in [3.05, 3.63) is 18.2 Å². The minimum Gasteiger partial charge on any atom is -0.110 e. The number of rotatable bonds is 1. The standard InChI is InChI=1S/C12H3B7/c13-5-2-1-4(9(16)12(5)19)8-10(17)6(14)3-7(15)11(8)18/h1-3H. The molecule has 2 aromatic carbocycles. The highest BCUT2D eigenvalue weighted by atomic mass is 14.1. The summed E-state index contributed by atoms with van der Waals surface area (Å²) in [4.78, 5) is 0. The quantitative estimate of drug-likeness (QED) is 0.424. The first-order valence-corrected chi connectivity index (χ1v) is 5.51. The molecule has 0 aromatic heterocycles. The average molecular weight is 223 g/mol. The normalized spacial score (nSPS) is 10.5. The van der Waals surface area contributed by atoms with Crippen LogP contribution in [0.25, 0.3) is 11.1 Å². The maximum Gasteiger partial charge on any atom is 0.113 e. The predicted molar refractivity (Wildman–Crippen MR) is 89.6 cm³/mol. The van der Waals surface area contributed by atoms with Crippen LogP contribution in [0.3, 0.4) is 0 Å². The van der Waals surface area contributed by atoms with Crippen LogP contribution < -0.4 is 38.2 Å². The lowest BCUT2D eigenvalue weighted by molar-refractivity contribution is 1.80. The van der Waals surface area contributed by atoms with Crippen LogP contribution in [0.15, 0.2) is 18.2 Å². The van der Waals surface area contributed by atoms with Gasteiger partial charge in [0.1, 0.15) is 54.9 Å². The molecule has 0 nitrogen and oxygen atoms in total. The molecule has 0 unspecified atom stereocenters. The molecular weight excluding hydrogens is 220 g/mol. The first-order chi connectivity index (χ1) is 8.84. The molecule has 0 aliphatic carbocycles. The summed E-state index contributed by atoms with van der Waals surface area (Å²) in [5, 5.41) is 0. The molecular formula is C12H3B7. The lowest BCUT2D eigenvalue weighted by Crippen LogP contribution is -2.45. The van der Waals surface area contributed by atoms with Crippen LogP contribution in [0.4, 0.5) is 0 Å². The summed E-state index contributed by atoms with van der Waals surface area (Å²) in [6.45, 7) is 0. The highest BCUT2D eigenvalue weighted by Crippen LogP contribution is 2.08. The smallest absolute Gasteiger partial charge is 0.110 e. The van der Waals surface area contributed by atoms with E-state index in [0.29, 0.717) is 43.9 Å². The van der Waals surface area contributed by atoms with E-state index in [1.54, 1.807) is 12.1 Å². The van der Waals surface area contributed by atoms with Crippen LogP contribution in [-0.2, 0) is 0 Å². The Morgan fingerprint density at radius 2 is 1.05 bits per heavy atom. The molecule has 72 valence electrons. The van der Waals surface area contributed by atoms with Crippen molar-refractivity contribution in [2.75, 3.05) is 0 Å². The number of hydrogen-bond acceptors (Lipinski definition) is 0. The summed E-state index contributed by atoms with van der Waals surface area (Å²) in [6.07, 6.45) is 0. The van der Waals surface area contributed by atoms with Gasteiger partial charge in [0.05, 0.1) is 0 Å². The molecule has 0 aliphatic heterocycles. The van der Waals surface area contributed by atoms with E-state index in [-0.39, 0.29) is 5.46 Å². The molecule has 0 bridgehead atoms. The second-order valence-corrected chi connectivity index (χ2v) is 4.29. The van der Waals surface area contributed by atoms with Gasteiger partial charge in [0.15, 0.2) is 0 Å². The Morgan fingerprint density at radius 3 is 1.58 bits per heavy atom. The highest BCUT2D eigenvalue weighted by molar-refractivity contribution is 6.62. The number of benzene rings is 2. The molecule has 0 saturated carbocycles. The molecule has 19 heavy (non-hydrogen) atoms. The monoisotopic (exact) mass is 224 g/mol. The lowest BCUT2D eigenvalue weighted by atomic mass is 9.63. The first kappa shape index (κ1) is 14.3. The zero-order valence-electron chi connectivity index (χ0n) is 10.3. The van der Waals surface area contributed by atoms with Gasteiger partial charge in [-0.25, -0.2) is 0 Å². The van der Waals surface area contributed by atoms with Gasteiger partial charge >= 0.3 is 0 Å². The van der Waals surface area contributed by atoms with Crippen LogP contribution >= 0.6 is 0 Å². The Kier molecular flexibility index (Phi) is 3.85. The molecule has 0 fully saturated rings. The highest BCUT2D eigenvalue weighted by Gasteiger charge is 2.12. The third kappa shape index (κ3) is 2.35. The van der Waals surface area contributed by atoms with Crippen molar-refractivity contribution in [3.8, 4) is 11.1 Å². The molecule has 0 N–H and O–H groups in total. The first-order valence-electron chi connectivity index (χ1n) is 5.51. The molecule has 0 heterocycles. The molecule has 0 aliphatic rings. The van der Waals surface area contributed by atoms with E-state index in [1.165, 1.54) is 6.07 Å². The minimum absolute atomic E-state index is 0.275. The maximum atomic E-state index is 5.96. The molecule has 14 radical (unpaired) electrons. The van der Waals surface area contributed by atoms with E-state index in [0.717, 1.165) is 0 Å². The lowest BCUT2D eigenvalue weighted by Gasteiger charge is -2.21. The van der Waals surface area contributed by atoms with Crippen LogP contribution in [0, 0.1) is 0 Å². The van der Waals surface area contributed by atoms with Crippen molar-refractivity contribution in [2.45, 2.75) is 0 Å². The van der Waals surface area contributed by atoms with Gasteiger partial charge in [-0.3, -0.25) is 0 Å². The molecule has 0 atom stereocenters. The summed E-state index contributed by atoms with van der Waals surface area (Å²) in [6, 6.07) is 4.81. The topological polar surface area (TPSA) is 0 Å². The fourth-order valence-corrected chi connectivity index (χ4v) is 1.92. The maximum absolute atomic E-state index is 5.96. The molecule has 0 saturated heterocycles. The van der Waals surface area contributed by atoms with Crippen LogP contribution in [0.2, 0.25) is 0 Å². The van der Waals surface area contributed by atoms with E-state index in [2.05, 4.69) is 0 Å². The zero-order valence-corrected chi connectivity index (χ0v) is 10.3. The van der Waals surface area contributed by atoms with Crippen molar-refractivity contribution in [2.24, 2.45) is 0 Å². The minimum atomic E-state index is 0.275. The third-order valence-electron chi connectivity index (χ3n) is 3.06. The predicted octanol–water partition coefficient (Wildman–Crippen LogP) is -5.09. The van der Waals surface area contributed by atoms with Crippen LogP contribution in [-0.4, -0.2) is 54.9 Å².